The molecule has 0 aliphatic heterocycles. The van der Waals surface area contributed by atoms with E-state index >= 15 is 0 Å². The van der Waals surface area contributed by atoms with Gasteiger partial charge in [0.15, 0.2) is 0 Å². The van der Waals surface area contributed by atoms with Crippen molar-refractivity contribution >= 4 is 17.3 Å². The zero-order chi connectivity index (χ0) is 12.1. The number of anilines is 1. The highest BCUT2D eigenvalue weighted by molar-refractivity contribution is 6.32. The predicted molar refractivity (Wildman–Crippen MR) is 66.1 cm³/mol. The third-order valence-electron chi connectivity index (χ3n) is 2.43. The van der Waals surface area contributed by atoms with Crippen LogP contribution in [0, 0.1) is 0 Å². The van der Waals surface area contributed by atoms with Gasteiger partial charge in [-0.1, -0.05) is 18.5 Å². The molecule has 1 rings (SSSR count). The minimum absolute atomic E-state index is 0.191. The summed E-state index contributed by atoms with van der Waals surface area (Å²) in [6, 6.07) is 0. The Bertz CT molecular complexity index is 404. The minimum Gasteiger partial charge on any atom is -0.381 e. The summed E-state index contributed by atoms with van der Waals surface area (Å²) in [5, 5.41) is 7.19. The van der Waals surface area contributed by atoms with Crippen molar-refractivity contribution in [1.29, 1.82) is 0 Å². The van der Waals surface area contributed by atoms with Gasteiger partial charge in [-0.2, -0.15) is 5.10 Å². The van der Waals surface area contributed by atoms with Crippen LogP contribution in [0.3, 0.4) is 0 Å². The van der Waals surface area contributed by atoms with Crippen LogP contribution in [0.4, 0.5) is 5.69 Å². The molecule has 6 heteroatoms. The molecule has 0 spiro atoms. The van der Waals surface area contributed by atoms with Crippen LogP contribution in [0.2, 0.25) is 5.02 Å². The summed E-state index contributed by atoms with van der Waals surface area (Å²) >= 11 is 5.90. The van der Waals surface area contributed by atoms with Crippen LogP contribution < -0.4 is 10.9 Å². The Morgan fingerprint density at radius 3 is 2.94 bits per heavy atom. The van der Waals surface area contributed by atoms with Crippen LogP contribution in [0.25, 0.3) is 0 Å². The monoisotopic (exact) mass is 244 g/mol. The lowest BCUT2D eigenvalue weighted by Gasteiger charge is -2.15. The van der Waals surface area contributed by atoms with E-state index in [1.165, 1.54) is 4.68 Å². The maximum absolute atomic E-state index is 11.5. The summed E-state index contributed by atoms with van der Waals surface area (Å²) in [7, 11) is 3.61. The first-order valence-corrected chi connectivity index (χ1v) is 5.58. The number of halogens is 1. The summed E-state index contributed by atoms with van der Waals surface area (Å²) in [6.07, 6.45) is 1.57. The molecule has 0 bridgehead atoms. The lowest BCUT2D eigenvalue weighted by molar-refractivity contribution is 0.367. The number of likely N-dealkylation sites (N-methyl/N-ethyl adjacent to an activating group) is 1. The lowest BCUT2D eigenvalue weighted by Crippen LogP contribution is -2.26. The van der Waals surface area contributed by atoms with E-state index in [1.54, 1.807) is 13.2 Å². The zero-order valence-electron chi connectivity index (χ0n) is 9.83. The molecule has 90 valence electrons. The second-order valence-electron chi connectivity index (χ2n) is 3.62. The molecule has 0 saturated heterocycles. The van der Waals surface area contributed by atoms with Crippen molar-refractivity contribution in [2.24, 2.45) is 7.05 Å². The molecule has 16 heavy (non-hydrogen) atoms. The largest absolute Gasteiger partial charge is 0.381 e. The summed E-state index contributed by atoms with van der Waals surface area (Å²) in [5.74, 6) is 0. The zero-order valence-corrected chi connectivity index (χ0v) is 10.6. The van der Waals surface area contributed by atoms with Crippen LogP contribution in [0.1, 0.15) is 6.92 Å². The number of aromatic nitrogens is 2. The maximum Gasteiger partial charge on any atom is 0.287 e. The summed E-state index contributed by atoms with van der Waals surface area (Å²) in [6.45, 7) is 4.71. The third-order valence-corrected chi connectivity index (χ3v) is 2.79. The summed E-state index contributed by atoms with van der Waals surface area (Å²) in [5.41, 5.74) is 0.310. The van der Waals surface area contributed by atoms with Gasteiger partial charge in [0.2, 0.25) is 0 Å². The molecule has 0 amide bonds. The van der Waals surface area contributed by atoms with Gasteiger partial charge in [-0.15, -0.1) is 0 Å². The first-order chi connectivity index (χ1) is 7.56. The Morgan fingerprint density at radius 2 is 2.31 bits per heavy atom. The molecule has 0 fully saturated rings. The van der Waals surface area contributed by atoms with Crippen LogP contribution >= 0.6 is 11.6 Å². The van der Waals surface area contributed by atoms with E-state index in [0.717, 1.165) is 19.6 Å². The molecule has 0 aromatic carbocycles. The van der Waals surface area contributed by atoms with Gasteiger partial charge >= 0.3 is 0 Å². The highest BCUT2D eigenvalue weighted by Crippen LogP contribution is 2.14. The molecule has 0 radical (unpaired) electrons. The Kier molecular flexibility index (Phi) is 4.76. The smallest absolute Gasteiger partial charge is 0.287 e. The molecular formula is C10H17ClN4O. The van der Waals surface area contributed by atoms with Crippen molar-refractivity contribution in [3.05, 3.63) is 21.6 Å². The van der Waals surface area contributed by atoms with Gasteiger partial charge < -0.3 is 10.2 Å². The first-order valence-electron chi connectivity index (χ1n) is 5.20. The number of hydrogen-bond acceptors (Lipinski definition) is 4. The molecular weight excluding hydrogens is 228 g/mol. The van der Waals surface area contributed by atoms with Crippen LogP contribution in [-0.4, -0.2) is 41.4 Å². The summed E-state index contributed by atoms with van der Waals surface area (Å²) in [4.78, 5) is 13.6. The lowest BCUT2D eigenvalue weighted by atomic mass is 10.4. The van der Waals surface area contributed by atoms with E-state index in [2.05, 4.69) is 22.2 Å². The van der Waals surface area contributed by atoms with E-state index in [1.807, 2.05) is 7.05 Å². The van der Waals surface area contributed by atoms with E-state index < -0.39 is 0 Å². The van der Waals surface area contributed by atoms with Crippen molar-refractivity contribution in [2.75, 3.05) is 32.0 Å². The molecule has 1 aromatic heterocycles. The molecule has 1 N–H and O–H groups in total. The first kappa shape index (κ1) is 13.0. The highest BCUT2D eigenvalue weighted by atomic mass is 35.5. The van der Waals surface area contributed by atoms with Gasteiger partial charge in [-0.3, -0.25) is 4.79 Å². The third kappa shape index (κ3) is 3.21. The number of hydrogen-bond donors (Lipinski definition) is 1. The predicted octanol–water partition coefficient (Wildman–Crippen LogP) is 0.797. The van der Waals surface area contributed by atoms with Crippen LogP contribution in [0.5, 0.6) is 0 Å². The molecule has 5 nitrogen and oxygen atoms in total. The maximum atomic E-state index is 11.5. The Labute approximate surface area is 100 Å². The topological polar surface area (TPSA) is 50.2 Å². The minimum atomic E-state index is -0.282. The van der Waals surface area contributed by atoms with E-state index in [4.69, 9.17) is 11.6 Å². The van der Waals surface area contributed by atoms with Crippen molar-refractivity contribution in [2.45, 2.75) is 6.92 Å². The molecule has 0 aliphatic rings. The van der Waals surface area contributed by atoms with Gasteiger partial charge in [0.25, 0.3) is 5.56 Å². The molecule has 1 heterocycles. The van der Waals surface area contributed by atoms with Gasteiger partial charge in [-0.25, -0.2) is 4.68 Å². The fourth-order valence-corrected chi connectivity index (χ4v) is 1.41. The van der Waals surface area contributed by atoms with Crippen molar-refractivity contribution in [3.8, 4) is 0 Å². The van der Waals surface area contributed by atoms with Crippen LogP contribution in [0.15, 0.2) is 11.0 Å². The number of nitrogens with one attached hydrogen (secondary N) is 1. The number of aryl methyl sites for hydroxylation is 1. The van der Waals surface area contributed by atoms with Crippen molar-refractivity contribution in [3.63, 3.8) is 0 Å². The standard InChI is InChI=1S/C10H17ClN4O/c1-4-14(2)6-5-12-8-7-13-15(3)10(16)9(8)11/h7,12H,4-6H2,1-3H3. The molecule has 0 unspecified atom stereocenters. The van der Waals surface area contributed by atoms with E-state index in [0.29, 0.717) is 5.69 Å². The van der Waals surface area contributed by atoms with Crippen molar-refractivity contribution < 1.29 is 0 Å². The van der Waals surface area contributed by atoms with Gasteiger partial charge in [0.05, 0.1) is 11.9 Å². The fourth-order valence-electron chi connectivity index (χ4n) is 1.17. The Morgan fingerprint density at radius 1 is 1.62 bits per heavy atom. The number of nitrogens with zero attached hydrogens (tertiary/aromatic N) is 3. The quantitative estimate of drug-likeness (QED) is 0.833. The normalized spacial score (nSPS) is 10.8. The fraction of sp³-hybridized carbons (Fsp3) is 0.600. The molecule has 0 saturated carbocycles. The Hall–Kier alpha value is -1.07. The average molecular weight is 245 g/mol. The van der Waals surface area contributed by atoms with E-state index in [-0.39, 0.29) is 10.6 Å². The van der Waals surface area contributed by atoms with Gasteiger partial charge in [0.1, 0.15) is 5.02 Å². The molecule has 0 atom stereocenters. The van der Waals surface area contributed by atoms with Crippen LogP contribution in [-0.2, 0) is 7.05 Å². The molecule has 0 aliphatic carbocycles. The summed E-state index contributed by atoms with van der Waals surface area (Å²) < 4.78 is 1.21. The van der Waals surface area contributed by atoms with E-state index in [9.17, 15) is 4.79 Å². The number of rotatable bonds is 5. The Balaban J connectivity index is 2.62. The highest BCUT2D eigenvalue weighted by Gasteiger charge is 2.06. The van der Waals surface area contributed by atoms with Gasteiger partial charge in [-0.05, 0) is 13.6 Å². The second kappa shape index (κ2) is 5.86. The van der Waals surface area contributed by atoms with Gasteiger partial charge in [0, 0.05) is 20.1 Å². The second-order valence-corrected chi connectivity index (χ2v) is 4.00. The average Bonchev–Trinajstić information content (AvgIpc) is 2.29. The van der Waals surface area contributed by atoms with Crippen molar-refractivity contribution in [1.82, 2.24) is 14.7 Å². The molecule has 1 aromatic rings. The SMILES string of the molecule is CCN(C)CCNc1cnn(C)c(=O)c1Cl.